The third kappa shape index (κ3) is 2.40. The van der Waals surface area contributed by atoms with E-state index < -0.39 is 0 Å². The van der Waals surface area contributed by atoms with Crippen LogP contribution in [0.1, 0.15) is 55.4 Å². The second-order valence-corrected chi connectivity index (χ2v) is 6.14. The van der Waals surface area contributed by atoms with Crippen LogP contribution in [-0.4, -0.2) is 19.7 Å². The molecule has 0 aromatic carbocycles. The molecule has 0 saturated heterocycles. The summed E-state index contributed by atoms with van der Waals surface area (Å²) >= 11 is 7.07. The number of nitrogens with zero attached hydrogens (tertiary/aromatic N) is 3. The number of aromatic amines is 1. The summed E-state index contributed by atoms with van der Waals surface area (Å²) in [5, 5.41) is 8.28. The van der Waals surface area contributed by atoms with Gasteiger partial charge < -0.3 is 0 Å². The van der Waals surface area contributed by atoms with Crippen molar-refractivity contribution < 1.29 is 0 Å². The Kier molecular flexibility index (Phi) is 3.97. The number of hydrogen-bond donors (Lipinski definition) is 1. The van der Waals surface area contributed by atoms with Crippen molar-refractivity contribution in [1.82, 2.24) is 19.7 Å². The van der Waals surface area contributed by atoms with Crippen molar-refractivity contribution in [2.45, 2.75) is 46.1 Å². The number of hydrogen-bond acceptors (Lipinski definition) is 4. The Bertz CT molecular complexity index is 579. The van der Waals surface area contributed by atoms with E-state index in [1.54, 1.807) is 11.3 Å². The van der Waals surface area contributed by atoms with E-state index in [1.165, 1.54) is 4.88 Å². The van der Waals surface area contributed by atoms with E-state index in [4.69, 9.17) is 12.2 Å². The normalized spacial score (nSPS) is 13.2. The van der Waals surface area contributed by atoms with Gasteiger partial charge in [-0.25, -0.2) is 4.98 Å². The van der Waals surface area contributed by atoms with Gasteiger partial charge >= 0.3 is 0 Å². The van der Waals surface area contributed by atoms with Crippen LogP contribution in [0.25, 0.3) is 0 Å². The van der Waals surface area contributed by atoms with Gasteiger partial charge in [-0.2, -0.15) is 5.10 Å². The van der Waals surface area contributed by atoms with Crippen LogP contribution in [0.3, 0.4) is 0 Å². The van der Waals surface area contributed by atoms with E-state index in [9.17, 15) is 0 Å². The quantitative estimate of drug-likeness (QED) is 0.870. The second-order valence-electron chi connectivity index (χ2n) is 4.61. The predicted octanol–water partition coefficient (Wildman–Crippen LogP) is 3.69. The zero-order valence-corrected chi connectivity index (χ0v) is 12.7. The van der Waals surface area contributed by atoms with Crippen molar-refractivity contribution in [3.63, 3.8) is 0 Å². The summed E-state index contributed by atoms with van der Waals surface area (Å²) in [6.45, 7) is 8.50. The Balaban J connectivity index is 2.42. The summed E-state index contributed by atoms with van der Waals surface area (Å²) in [7, 11) is 0. The van der Waals surface area contributed by atoms with Crippen molar-refractivity contribution >= 4 is 23.6 Å². The first-order valence-electron chi connectivity index (χ1n) is 6.16. The minimum absolute atomic E-state index is 0.138. The maximum Gasteiger partial charge on any atom is 0.195 e. The SMILES string of the molecule is CCc1cnc(C(C)n2c(C(C)C)n[nH]c2=S)s1. The van der Waals surface area contributed by atoms with Gasteiger partial charge in [0.15, 0.2) is 4.77 Å². The fourth-order valence-electron chi connectivity index (χ4n) is 1.89. The van der Waals surface area contributed by atoms with E-state index in [0.717, 1.165) is 17.3 Å². The number of thiazole rings is 1. The molecule has 2 aromatic heterocycles. The Morgan fingerprint density at radius 3 is 2.72 bits per heavy atom. The molecule has 0 aliphatic heterocycles. The first-order chi connectivity index (χ1) is 8.54. The van der Waals surface area contributed by atoms with Crippen LogP contribution < -0.4 is 0 Å². The maximum atomic E-state index is 5.33. The first kappa shape index (κ1) is 13.4. The summed E-state index contributed by atoms with van der Waals surface area (Å²) in [6.07, 6.45) is 2.98. The van der Waals surface area contributed by atoms with Gasteiger partial charge in [-0.3, -0.25) is 9.67 Å². The smallest absolute Gasteiger partial charge is 0.195 e. The highest BCUT2D eigenvalue weighted by atomic mass is 32.1. The van der Waals surface area contributed by atoms with Crippen molar-refractivity contribution in [3.8, 4) is 0 Å². The van der Waals surface area contributed by atoms with Crippen LogP contribution in [0.4, 0.5) is 0 Å². The first-order valence-corrected chi connectivity index (χ1v) is 7.38. The van der Waals surface area contributed by atoms with Gasteiger partial charge in [0.1, 0.15) is 10.8 Å². The number of rotatable bonds is 4. The molecule has 1 unspecified atom stereocenters. The minimum atomic E-state index is 0.138. The summed E-state index contributed by atoms with van der Waals surface area (Å²) < 4.78 is 2.73. The average molecular weight is 282 g/mol. The Labute approximate surface area is 116 Å². The maximum absolute atomic E-state index is 5.33. The summed E-state index contributed by atoms with van der Waals surface area (Å²) in [5.41, 5.74) is 0. The van der Waals surface area contributed by atoms with Crippen LogP contribution in [0.5, 0.6) is 0 Å². The molecule has 0 bridgehead atoms. The molecular formula is C12H18N4S2. The second kappa shape index (κ2) is 5.32. The van der Waals surface area contributed by atoms with Crippen molar-refractivity contribution in [2.75, 3.05) is 0 Å². The van der Waals surface area contributed by atoms with Gasteiger partial charge in [0.2, 0.25) is 0 Å². The third-order valence-corrected chi connectivity index (χ3v) is 4.51. The highest BCUT2D eigenvalue weighted by molar-refractivity contribution is 7.71. The highest BCUT2D eigenvalue weighted by Gasteiger charge is 2.19. The zero-order valence-electron chi connectivity index (χ0n) is 11.1. The van der Waals surface area contributed by atoms with Crippen LogP contribution in [0.15, 0.2) is 6.20 Å². The lowest BCUT2D eigenvalue weighted by molar-refractivity contribution is 0.570. The van der Waals surface area contributed by atoms with E-state index in [2.05, 4.69) is 47.4 Å². The number of aryl methyl sites for hydroxylation is 1. The van der Waals surface area contributed by atoms with Crippen LogP contribution >= 0.6 is 23.6 Å². The standard InChI is InChI=1S/C12H18N4S2/c1-5-9-6-13-11(18-9)8(4)16-10(7(2)3)14-15-12(16)17/h6-8H,5H2,1-4H3,(H,15,17). The molecule has 18 heavy (non-hydrogen) atoms. The summed E-state index contributed by atoms with van der Waals surface area (Å²) in [4.78, 5) is 5.80. The lowest BCUT2D eigenvalue weighted by Crippen LogP contribution is -2.11. The van der Waals surface area contributed by atoms with Gasteiger partial charge in [-0.05, 0) is 25.6 Å². The molecule has 4 nitrogen and oxygen atoms in total. The van der Waals surface area contributed by atoms with Gasteiger partial charge in [0.05, 0.1) is 6.04 Å². The molecule has 0 radical (unpaired) electrons. The largest absolute Gasteiger partial charge is 0.294 e. The average Bonchev–Trinajstić information content (AvgIpc) is 2.94. The van der Waals surface area contributed by atoms with E-state index in [1.807, 2.05) is 6.20 Å². The molecular weight excluding hydrogens is 264 g/mol. The number of H-pyrrole nitrogens is 1. The molecule has 98 valence electrons. The van der Waals surface area contributed by atoms with Crippen molar-refractivity contribution in [2.24, 2.45) is 0 Å². The van der Waals surface area contributed by atoms with Crippen LogP contribution in [0, 0.1) is 4.77 Å². The molecule has 0 spiro atoms. The number of nitrogens with one attached hydrogen (secondary N) is 1. The summed E-state index contributed by atoms with van der Waals surface area (Å²) in [6, 6.07) is 0.138. The molecule has 2 rings (SSSR count). The van der Waals surface area contributed by atoms with E-state index in [0.29, 0.717) is 10.7 Å². The van der Waals surface area contributed by atoms with E-state index in [-0.39, 0.29) is 6.04 Å². The van der Waals surface area contributed by atoms with Crippen LogP contribution in [-0.2, 0) is 6.42 Å². The van der Waals surface area contributed by atoms with Crippen LogP contribution in [0.2, 0.25) is 0 Å². The molecule has 0 saturated carbocycles. The van der Waals surface area contributed by atoms with Crippen molar-refractivity contribution in [3.05, 3.63) is 26.7 Å². The predicted molar refractivity (Wildman–Crippen MR) is 76.8 cm³/mol. The van der Waals surface area contributed by atoms with Gasteiger partial charge in [-0.1, -0.05) is 20.8 Å². The molecule has 1 N–H and O–H groups in total. The Morgan fingerprint density at radius 1 is 1.44 bits per heavy atom. The monoisotopic (exact) mass is 282 g/mol. The molecule has 0 fully saturated rings. The lowest BCUT2D eigenvalue weighted by Gasteiger charge is -2.14. The zero-order chi connectivity index (χ0) is 13.3. The molecule has 0 aliphatic rings. The molecule has 2 heterocycles. The Morgan fingerprint density at radius 2 is 2.17 bits per heavy atom. The van der Waals surface area contributed by atoms with Gasteiger partial charge in [0.25, 0.3) is 0 Å². The minimum Gasteiger partial charge on any atom is -0.294 e. The molecule has 0 aliphatic carbocycles. The molecule has 2 aromatic rings. The molecule has 6 heteroatoms. The lowest BCUT2D eigenvalue weighted by atomic mass is 10.2. The van der Waals surface area contributed by atoms with Crippen molar-refractivity contribution in [1.29, 1.82) is 0 Å². The highest BCUT2D eigenvalue weighted by Crippen LogP contribution is 2.26. The third-order valence-electron chi connectivity index (χ3n) is 2.91. The fraction of sp³-hybridized carbons (Fsp3) is 0.583. The van der Waals surface area contributed by atoms with Gasteiger partial charge in [0, 0.05) is 17.0 Å². The fourth-order valence-corrected chi connectivity index (χ4v) is 3.09. The topological polar surface area (TPSA) is 46.5 Å². The summed E-state index contributed by atoms with van der Waals surface area (Å²) in [5.74, 6) is 1.33. The number of aromatic nitrogens is 4. The Hall–Kier alpha value is -1.01. The molecule has 1 atom stereocenters. The molecule has 0 amide bonds. The van der Waals surface area contributed by atoms with E-state index >= 15 is 0 Å². The van der Waals surface area contributed by atoms with Gasteiger partial charge in [-0.15, -0.1) is 11.3 Å².